The van der Waals surface area contributed by atoms with Gasteiger partial charge in [0.1, 0.15) is 0 Å². The van der Waals surface area contributed by atoms with Gasteiger partial charge >= 0.3 is 0 Å². The number of ether oxygens (including phenoxy) is 2. The minimum absolute atomic E-state index is 0.188. The van der Waals surface area contributed by atoms with Crippen LogP contribution < -0.4 is 14.9 Å². The second-order valence-electron chi connectivity index (χ2n) is 4.83. The maximum atomic E-state index is 11.8. The number of methoxy groups -OCH3 is 2. The predicted octanol–water partition coefficient (Wildman–Crippen LogP) is 1.91. The zero-order valence-electron chi connectivity index (χ0n) is 13.0. The fourth-order valence-corrected chi connectivity index (χ4v) is 1.69. The van der Waals surface area contributed by atoms with E-state index in [-0.39, 0.29) is 29.3 Å². The summed E-state index contributed by atoms with van der Waals surface area (Å²) in [4.78, 5) is 22.4. The Morgan fingerprint density at radius 3 is 2.45 bits per heavy atom. The second kappa shape index (κ2) is 7.96. The number of hydrogen-bond donors (Lipinski definition) is 1. The number of hydrazone groups is 1. The molecule has 0 saturated carbocycles. The highest BCUT2D eigenvalue weighted by molar-refractivity contribution is 5.81. The van der Waals surface area contributed by atoms with Crippen molar-refractivity contribution in [1.82, 2.24) is 5.43 Å². The van der Waals surface area contributed by atoms with E-state index in [9.17, 15) is 14.9 Å². The van der Waals surface area contributed by atoms with Crippen molar-refractivity contribution in [3.8, 4) is 11.5 Å². The quantitative estimate of drug-likeness (QED) is 0.471. The summed E-state index contributed by atoms with van der Waals surface area (Å²) in [6.07, 6.45) is 1.38. The van der Waals surface area contributed by atoms with Gasteiger partial charge in [-0.15, -0.1) is 0 Å². The Morgan fingerprint density at radius 2 is 1.95 bits per heavy atom. The molecule has 0 atom stereocenters. The number of nitro groups is 1. The largest absolute Gasteiger partial charge is 0.493 e. The average molecular weight is 309 g/mol. The van der Waals surface area contributed by atoms with Gasteiger partial charge in [-0.1, -0.05) is 13.8 Å². The van der Waals surface area contributed by atoms with Gasteiger partial charge in [0.15, 0.2) is 11.5 Å². The van der Waals surface area contributed by atoms with Crippen LogP contribution in [0.5, 0.6) is 11.5 Å². The van der Waals surface area contributed by atoms with Crippen LogP contribution in [0.15, 0.2) is 17.2 Å². The number of nitrogens with zero attached hydrogens (tertiary/aromatic N) is 2. The van der Waals surface area contributed by atoms with Gasteiger partial charge in [-0.05, 0) is 12.0 Å². The summed E-state index contributed by atoms with van der Waals surface area (Å²) in [5, 5.41) is 14.9. The van der Waals surface area contributed by atoms with Crippen LogP contribution in [0.3, 0.4) is 0 Å². The van der Waals surface area contributed by atoms with Crippen LogP contribution in [-0.4, -0.2) is 31.3 Å². The lowest BCUT2D eigenvalue weighted by molar-refractivity contribution is -0.385. The number of rotatable bonds is 7. The Hall–Kier alpha value is -2.64. The maximum Gasteiger partial charge on any atom is 0.277 e. The first-order chi connectivity index (χ1) is 10.4. The van der Waals surface area contributed by atoms with Gasteiger partial charge in [-0.2, -0.15) is 5.10 Å². The van der Waals surface area contributed by atoms with Gasteiger partial charge in [0.05, 0.1) is 31.6 Å². The third kappa shape index (κ3) is 4.72. The number of amides is 1. The van der Waals surface area contributed by atoms with Crippen LogP contribution >= 0.6 is 0 Å². The molecule has 1 N–H and O–H groups in total. The van der Waals surface area contributed by atoms with Crippen molar-refractivity contribution in [1.29, 1.82) is 0 Å². The Morgan fingerprint density at radius 1 is 1.36 bits per heavy atom. The molecule has 8 nitrogen and oxygen atoms in total. The van der Waals surface area contributed by atoms with Crippen molar-refractivity contribution in [2.75, 3.05) is 14.2 Å². The van der Waals surface area contributed by atoms with Crippen molar-refractivity contribution < 1.29 is 19.2 Å². The minimum atomic E-state index is -0.568. The number of carbonyl (C=O) groups excluding carboxylic acids is 1. The number of hydrogen-bond acceptors (Lipinski definition) is 6. The highest BCUT2D eigenvalue weighted by Crippen LogP contribution is 2.34. The van der Waals surface area contributed by atoms with Crippen LogP contribution in [0.25, 0.3) is 0 Å². The molecule has 0 aliphatic carbocycles. The Balaban J connectivity index is 3.01. The number of carbonyl (C=O) groups is 1. The van der Waals surface area contributed by atoms with Crippen LogP contribution in [0.4, 0.5) is 5.69 Å². The molecule has 120 valence electrons. The SMILES string of the molecule is COc1cc(CC(=O)NN=CC(C)C)c([N+](=O)[O-])cc1OC. The maximum absolute atomic E-state index is 11.8. The molecular formula is C14H19N3O5. The van der Waals surface area contributed by atoms with Crippen molar-refractivity contribution in [2.45, 2.75) is 20.3 Å². The summed E-state index contributed by atoms with van der Waals surface area (Å²) in [6, 6.07) is 2.65. The highest BCUT2D eigenvalue weighted by atomic mass is 16.6. The average Bonchev–Trinajstić information content (AvgIpc) is 2.45. The van der Waals surface area contributed by atoms with Gasteiger partial charge in [0.25, 0.3) is 5.69 Å². The molecule has 1 aromatic carbocycles. The van der Waals surface area contributed by atoms with E-state index in [2.05, 4.69) is 10.5 Å². The second-order valence-corrected chi connectivity index (χ2v) is 4.83. The van der Waals surface area contributed by atoms with Gasteiger partial charge in [0.2, 0.25) is 5.91 Å². The number of nitrogens with one attached hydrogen (secondary N) is 1. The van der Waals surface area contributed by atoms with Crippen molar-refractivity contribution in [3.63, 3.8) is 0 Å². The lowest BCUT2D eigenvalue weighted by Gasteiger charge is -2.10. The van der Waals surface area contributed by atoms with E-state index >= 15 is 0 Å². The standard InChI is InChI=1S/C14H19N3O5/c1-9(2)8-15-16-14(18)6-10-5-12(21-3)13(22-4)7-11(10)17(19)20/h5,7-9H,6H2,1-4H3,(H,16,18). The van der Waals surface area contributed by atoms with Gasteiger partial charge in [0, 0.05) is 11.8 Å². The van der Waals surface area contributed by atoms with E-state index in [1.165, 1.54) is 26.4 Å². The van der Waals surface area contributed by atoms with E-state index < -0.39 is 10.8 Å². The van der Waals surface area contributed by atoms with Crippen LogP contribution in [0.1, 0.15) is 19.4 Å². The Labute approximate surface area is 128 Å². The third-order valence-corrected chi connectivity index (χ3v) is 2.69. The molecule has 1 amide bonds. The van der Waals surface area contributed by atoms with Gasteiger partial charge in [-0.3, -0.25) is 14.9 Å². The first-order valence-corrected chi connectivity index (χ1v) is 6.60. The smallest absolute Gasteiger partial charge is 0.277 e. The van der Waals surface area contributed by atoms with Crippen molar-refractivity contribution in [2.24, 2.45) is 11.0 Å². The summed E-state index contributed by atoms with van der Waals surface area (Å²) < 4.78 is 10.1. The molecule has 22 heavy (non-hydrogen) atoms. The molecule has 0 heterocycles. The molecule has 0 spiro atoms. The predicted molar refractivity (Wildman–Crippen MR) is 81.4 cm³/mol. The van der Waals surface area contributed by atoms with Crippen LogP contribution in [0.2, 0.25) is 0 Å². The first kappa shape index (κ1) is 17.4. The van der Waals surface area contributed by atoms with E-state index in [1.54, 1.807) is 6.21 Å². The summed E-state index contributed by atoms with van der Waals surface area (Å²) in [5.41, 5.74) is 2.34. The topological polar surface area (TPSA) is 103 Å². The van der Waals surface area contributed by atoms with E-state index in [0.717, 1.165) is 0 Å². The van der Waals surface area contributed by atoms with E-state index in [0.29, 0.717) is 5.75 Å². The zero-order chi connectivity index (χ0) is 16.7. The molecule has 0 aliphatic rings. The summed E-state index contributed by atoms with van der Waals surface area (Å²) in [6.45, 7) is 3.82. The number of nitro benzene ring substituents is 1. The molecular weight excluding hydrogens is 290 g/mol. The summed E-state index contributed by atoms with van der Waals surface area (Å²) in [5.74, 6) is 0.292. The molecule has 0 unspecified atom stereocenters. The molecule has 1 aromatic rings. The molecule has 1 rings (SSSR count). The third-order valence-electron chi connectivity index (χ3n) is 2.69. The molecule has 0 aliphatic heterocycles. The van der Waals surface area contributed by atoms with Crippen LogP contribution in [0, 0.1) is 16.0 Å². The molecule has 8 heteroatoms. The van der Waals surface area contributed by atoms with E-state index in [1.807, 2.05) is 13.8 Å². The zero-order valence-corrected chi connectivity index (χ0v) is 13.0. The first-order valence-electron chi connectivity index (χ1n) is 6.60. The fourth-order valence-electron chi connectivity index (χ4n) is 1.69. The molecule has 0 aromatic heterocycles. The van der Waals surface area contributed by atoms with Crippen LogP contribution in [-0.2, 0) is 11.2 Å². The fraction of sp³-hybridized carbons (Fsp3) is 0.429. The molecule has 0 saturated heterocycles. The van der Waals surface area contributed by atoms with Crippen molar-refractivity contribution >= 4 is 17.8 Å². The van der Waals surface area contributed by atoms with E-state index in [4.69, 9.17) is 9.47 Å². The minimum Gasteiger partial charge on any atom is -0.493 e. The Kier molecular flexibility index (Phi) is 6.30. The van der Waals surface area contributed by atoms with Gasteiger partial charge in [-0.25, -0.2) is 5.43 Å². The highest BCUT2D eigenvalue weighted by Gasteiger charge is 2.21. The molecule has 0 radical (unpaired) electrons. The number of benzene rings is 1. The van der Waals surface area contributed by atoms with Crippen molar-refractivity contribution in [3.05, 3.63) is 27.8 Å². The molecule has 0 bridgehead atoms. The monoisotopic (exact) mass is 309 g/mol. The summed E-state index contributed by atoms with van der Waals surface area (Å²) in [7, 11) is 2.80. The Bertz CT molecular complexity index is 584. The normalized spacial score (nSPS) is 10.8. The summed E-state index contributed by atoms with van der Waals surface area (Å²) >= 11 is 0. The molecule has 0 fully saturated rings. The lowest BCUT2D eigenvalue weighted by atomic mass is 10.1. The lowest BCUT2D eigenvalue weighted by Crippen LogP contribution is -2.20. The van der Waals surface area contributed by atoms with Gasteiger partial charge < -0.3 is 9.47 Å².